The number of nitrogens with one attached hydrogen (secondary N) is 1. The molecule has 33 heavy (non-hydrogen) atoms. The highest BCUT2D eigenvalue weighted by atomic mass is 16.5. The van der Waals surface area contributed by atoms with Gasteiger partial charge in [0, 0.05) is 11.1 Å². The second-order valence-electron chi connectivity index (χ2n) is 8.16. The Labute approximate surface area is 193 Å². The van der Waals surface area contributed by atoms with Gasteiger partial charge in [-0.15, -0.1) is 0 Å². The van der Waals surface area contributed by atoms with Gasteiger partial charge in [-0.25, -0.2) is 4.79 Å². The number of nitrogens with zero attached hydrogens (tertiary/aromatic N) is 1. The zero-order valence-corrected chi connectivity index (χ0v) is 18.9. The minimum Gasteiger partial charge on any atom is -0.491 e. The molecule has 0 unspecified atom stereocenters. The zero-order chi connectivity index (χ0) is 23.4. The lowest BCUT2D eigenvalue weighted by Gasteiger charge is -2.15. The molecule has 0 aliphatic carbocycles. The quantitative estimate of drug-likeness (QED) is 0.327. The van der Waals surface area contributed by atoms with E-state index in [0.29, 0.717) is 11.4 Å². The Kier molecular flexibility index (Phi) is 6.41. The third-order valence-corrected chi connectivity index (χ3v) is 5.14. The number of carbonyl (C=O) groups is 1. The van der Waals surface area contributed by atoms with Crippen molar-refractivity contribution in [2.24, 2.45) is 0 Å². The molecule has 0 bridgehead atoms. The van der Waals surface area contributed by atoms with Crippen molar-refractivity contribution < 1.29 is 14.6 Å². The fourth-order valence-electron chi connectivity index (χ4n) is 3.69. The molecule has 0 atom stereocenters. The molecule has 5 heteroatoms. The maximum atomic E-state index is 11.7. The van der Waals surface area contributed by atoms with Crippen molar-refractivity contribution in [1.82, 2.24) is 4.98 Å². The number of pyridine rings is 1. The van der Waals surface area contributed by atoms with Crippen LogP contribution in [0.3, 0.4) is 0 Å². The van der Waals surface area contributed by atoms with Gasteiger partial charge in [0.2, 0.25) is 0 Å². The molecule has 0 spiro atoms. The number of rotatable bonds is 7. The molecular weight excluding hydrogens is 412 g/mol. The number of aromatic carboxylic acids is 1. The first-order chi connectivity index (χ1) is 15.9. The maximum absolute atomic E-state index is 11.7. The van der Waals surface area contributed by atoms with Crippen molar-refractivity contribution >= 4 is 17.3 Å². The summed E-state index contributed by atoms with van der Waals surface area (Å²) in [7, 11) is 0. The molecule has 166 valence electrons. The number of benzene rings is 3. The Morgan fingerprint density at radius 2 is 1.70 bits per heavy atom. The van der Waals surface area contributed by atoms with Gasteiger partial charge in [0.25, 0.3) is 0 Å². The van der Waals surface area contributed by atoms with Crippen molar-refractivity contribution in [2.45, 2.75) is 26.9 Å². The van der Waals surface area contributed by atoms with Crippen LogP contribution in [0.4, 0.5) is 11.4 Å². The van der Waals surface area contributed by atoms with Gasteiger partial charge >= 0.3 is 5.97 Å². The van der Waals surface area contributed by atoms with Gasteiger partial charge in [0.05, 0.1) is 34.9 Å². The zero-order valence-electron chi connectivity index (χ0n) is 18.9. The molecule has 0 saturated carbocycles. The summed E-state index contributed by atoms with van der Waals surface area (Å²) in [6, 6.07) is 25.2. The number of anilines is 2. The van der Waals surface area contributed by atoms with Crippen LogP contribution in [0, 0.1) is 6.92 Å². The average Bonchev–Trinajstić information content (AvgIpc) is 2.80. The van der Waals surface area contributed by atoms with Crippen LogP contribution in [0.1, 0.15) is 29.8 Å². The lowest BCUT2D eigenvalue weighted by molar-refractivity contribution is 0.0698. The van der Waals surface area contributed by atoms with Gasteiger partial charge in [-0.3, -0.25) is 4.98 Å². The van der Waals surface area contributed by atoms with E-state index in [4.69, 9.17) is 9.72 Å². The number of ether oxygens (including phenoxy) is 1. The molecule has 0 amide bonds. The standard InChI is InChI=1S/C28H26N2O3/c1-18(2)33-23-11-7-10-21(15-23)27-24(20-8-5-4-6-9-20)16-22(17-29-27)30-26-13-12-19(3)14-25(26)28(31)32/h4-18,30H,1-3H3,(H,31,32). The Balaban J connectivity index is 1.79. The summed E-state index contributed by atoms with van der Waals surface area (Å²) in [4.78, 5) is 16.5. The lowest BCUT2D eigenvalue weighted by atomic mass is 9.98. The van der Waals surface area contributed by atoms with Gasteiger partial charge < -0.3 is 15.2 Å². The summed E-state index contributed by atoms with van der Waals surface area (Å²) >= 11 is 0. The van der Waals surface area contributed by atoms with E-state index >= 15 is 0 Å². The van der Waals surface area contributed by atoms with E-state index < -0.39 is 5.97 Å². The van der Waals surface area contributed by atoms with Crippen LogP contribution in [0.25, 0.3) is 22.4 Å². The monoisotopic (exact) mass is 438 g/mol. The van der Waals surface area contributed by atoms with E-state index in [1.807, 2.05) is 87.5 Å². The van der Waals surface area contributed by atoms with Gasteiger partial charge in [0.1, 0.15) is 5.75 Å². The molecule has 3 aromatic carbocycles. The molecule has 0 fully saturated rings. The molecule has 0 aliphatic rings. The molecule has 4 aromatic rings. The SMILES string of the molecule is Cc1ccc(Nc2cnc(-c3cccc(OC(C)C)c3)c(-c3ccccc3)c2)c(C(=O)O)c1. The van der Waals surface area contributed by atoms with Crippen LogP contribution in [0.15, 0.2) is 85.1 Å². The fourth-order valence-corrected chi connectivity index (χ4v) is 3.69. The van der Waals surface area contributed by atoms with Crippen LogP contribution in [-0.4, -0.2) is 22.2 Å². The van der Waals surface area contributed by atoms with Crippen LogP contribution in [-0.2, 0) is 0 Å². The van der Waals surface area contributed by atoms with Crippen LogP contribution in [0.2, 0.25) is 0 Å². The predicted octanol–water partition coefficient (Wildman–Crippen LogP) is 6.95. The highest BCUT2D eigenvalue weighted by Gasteiger charge is 2.14. The highest BCUT2D eigenvalue weighted by molar-refractivity contribution is 5.95. The molecular formula is C28H26N2O3. The Hall–Kier alpha value is -4.12. The van der Waals surface area contributed by atoms with E-state index in [-0.39, 0.29) is 11.7 Å². The Morgan fingerprint density at radius 3 is 2.42 bits per heavy atom. The first kappa shape index (κ1) is 22.1. The Bertz CT molecular complexity index is 1280. The number of aryl methyl sites for hydroxylation is 1. The highest BCUT2D eigenvalue weighted by Crippen LogP contribution is 2.35. The molecule has 4 rings (SSSR count). The van der Waals surface area contributed by atoms with Crippen molar-refractivity contribution in [1.29, 1.82) is 0 Å². The second-order valence-corrected chi connectivity index (χ2v) is 8.16. The molecule has 1 heterocycles. The van der Waals surface area contributed by atoms with Gasteiger partial charge in [-0.2, -0.15) is 0 Å². The van der Waals surface area contributed by atoms with Crippen LogP contribution >= 0.6 is 0 Å². The summed E-state index contributed by atoms with van der Waals surface area (Å²) in [6.45, 7) is 5.87. The average molecular weight is 439 g/mol. The minimum absolute atomic E-state index is 0.0753. The van der Waals surface area contributed by atoms with Crippen LogP contribution < -0.4 is 10.1 Å². The summed E-state index contributed by atoms with van der Waals surface area (Å²) < 4.78 is 5.87. The molecule has 0 saturated heterocycles. The molecule has 0 radical (unpaired) electrons. The van der Waals surface area contributed by atoms with Crippen LogP contribution in [0.5, 0.6) is 5.75 Å². The van der Waals surface area contributed by atoms with E-state index in [1.165, 1.54) is 0 Å². The van der Waals surface area contributed by atoms with E-state index in [9.17, 15) is 9.90 Å². The Morgan fingerprint density at radius 1 is 0.939 bits per heavy atom. The largest absolute Gasteiger partial charge is 0.491 e. The van der Waals surface area contributed by atoms with Gasteiger partial charge in [-0.05, 0) is 56.7 Å². The number of carboxylic acid groups (broad SMARTS) is 1. The summed E-state index contributed by atoms with van der Waals surface area (Å²) in [6.07, 6.45) is 1.80. The third kappa shape index (κ3) is 5.21. The normalized spacial score (nSPS) is 10.8. The molecule has 1 aromatic heterocycles. The number of carboxylic acids is 1. The first-order valence-corrected chi connectivity index (χ1v) is 10.8. The summed E-state index contributed by atoms with van der Waals surface area (Å²) in [5, 5.41) is 12.9. The predicted molar refractivity (Wildman–Crippen MR) is 132 cm³/mol. The molecule has 5 nitrogen and oxygen atoms in total. The van der Waals surface area contributed by atoms with E-state index in [2.05, 4.69) is 5.32 Å². The maximum Gasteiger partial charge on any atom is 0.337 e. The number of hydrogen-bond donors (Lipinski definition) is 2. The third-order valence-electron chi connectivity index (χ3n) is 5.14. The van der Waals surface area contributed by atoms with Crippen molar-refractivity contribution in [3.63, 3.8) is 0 Å². The molecule has 0 aliphatic heterocycles. The molecule has 2 N–H and O–H groups in total. The topological polar surface area (TPSA) is 71.5 Å². The van der Waals surface area contributed by atoms with E-state index in [1.54, 1.807) is 18.3 Å². The smallest absolute Gasteiger partial charge is 0.337 e. The van der Waals surface area contributed by atoms with Crippen molar-refractivity contribution in [3.05, 3.63) is 96.2 Å². The van der Waals surface area contributed by atoms with Gasteiger partial charge in [-0.1, -0.05) is 54.1 Å². The fraction of sp³-hybridized carbons (Fsp3) is 0.143. The second kappa shape index (κ2) is 9.57. The van der Waals surface area contributed by atoms with Crippen molar-refractivity contribution in [3.8, 4) is 28.1 Å². The number of aromatic nitrogens is 1. The van der Waals surface area contributed by atoms with Gasteiger partial charge in [0.15, 0.2) is 0 Å². The summed E-state index contributed by atoms with van der Waals surface area (Å²) in [5.74, 6) is -0.188. The number of hydrogen-bond acceptors (Lipinski definition) is 4. The lowest BCUT2D eigenvalue weighted by Crippen LogP contribution is -2.05. The minimum atomic E-state index is -0.976. The van der Waals surface area contributed by atoms with Crippen molar-refractivity contribution in [2.75, 3.05) is 5.32 Å². The summed E-state index contributed by atoms with van der Waals surface area (Å²) in [5.41, 5.74) is 6.06. The van der Waals surface area contributed by atoms with E-state index in [0.717, 1.165) is 33.7 Å². The first-order valence-electron chi connectivity index (χ1n) is 10.8.